The lowest BCUT2D eigenvalue weighted by molar-refractivity contribution is -0.131. The van der Waals surface area contributed by atoms with Crippen LogP contribution >= 0.6 is 11.6 Å². The van der Waals surface area contributed by atoms with Gasteiger partial charge in [-0.2, -0.15) is 8.78 Å². The largest absolute Gasteiger partial charge is 0.434 e. The third-order valence-electron chi connectivity index (χ3n) is 3.06. The van der Waals surface area contributed by atoms with E-state index in [-0.39, 0.29) is 18.2 Å². The van der Waals surface area contributed by atoms with Gasteiger partial charge in [-0.1, -0.05) is 11.6 Å². The first-order valence-corrected chi connectivity index (χ1v) is 6.94. The van der Waals surface area contributed by atoms with Crippen LogP contribution in [-0.2, 0) is 11.3 Å². The first-order chi connectivity index (χ1) is 9.85. The molecule has 1 amide bonds. The van der Waals surface area contributed by atoms with Gasteiger partial charge in [0.1, 0.15) is 5.75 Å². The van der Waals surface area contributed by atoms with E-state index in [1.54, 1.807) is 18.9 Å². The first-order valence-electron chi connectivity index (χ1n) is 6.56. The van der Waals surface area contributed by atoms with Crippen LogP contribution in [0.1, 0.15) is 19.4 Å². The van der Waals surface area contributed by atoms with E-state index in [2.05, 4.69) is 10.1 Å². The van der Waals surface area contributed by atoms with Gasteiger partial charge in [-0.25, -0.2) is 0 Å². The number of hydrogen-bond acceptors (Lipinski definition) is 3. The summed E-state index contributed by atoms with van der Waals surface area (Å²) >= 11 is 5.86. The molecule has 1 aromatic rings. The lowest BCUT2D eigenvalue weighted by Gasteiger charge is -2.21. The Balaban J connectivity index is 2.74. The van der Waals surface area contributed by atoms with Crippen molar-refractivity contribution in [3.8, 4) is 5.75 Å². The van der Waals surface area contributed by atoms with Crippen molar-refractivity contribution in [3.63, 3.8) is 0 Å². The summed E-state index contributed by atoms with van der Waals surface area (Å²) in [6.45, 7) is 1.48. The van der Waals surface area contributed by atoms with Crippen LogP contribution in [-0.4, -0.2) is 37.1 Å². The molecule has 7 heteroatoms. The van der Waals surface area contributed by atoms with Crippen LogP contribution in [0.15, 0.2) is 18.2 Å². The van der Waals surface area contributed by atoms with E-state index in [1.807, 2.05) is 6.92 Å². The van der Waals surface area contributed by atoms with Gasteiger partial charge in [0, 0.05) is 30.7 Å². The van der Waals surface area contributed by atoms with Crippen LogP contribution < -0.4 is 10.1 Å². The Kier molecular flexibility index (Phi) is 6.84. The number of ether oxygens (including phenoxy) is 1. The van der Waals surface area contributed by atoms with Crippen LogP contribution in [0.25, 0.3) is 0 Å². The van der Waals surface area contributed by atoms with Crippen molar-refractivity contribution >= 4 is 17.5 Å². The molecule has 0 aliphatic rings. The average Bonchev–Trinajstić information content (AvgIpc) is 2.44. The SMILES string of the molecule is CCN(C)C(=O)C(C)NCc1cc(Cl)ccc1OC(F)F. The summed E-state index contributed by atoms with van der Waals surface area (Å²) in [7, 11) is 1.70. The smallest absolute Gasteiger partial charge is 0.387 e. The van der Waals surface area contributed by atoms with Crippen LogP contribution in [0.2, 0.25) is 5.02 Å². The van der Waals surface area contributed by atoms with E-state index in [9.17, 15) is 13.6 Å². The lowest BCUT2D eigenvalue weighted by Crippen LogP contribution is -2.42. The molecule has 0 radical (unpaired) electrons. The second-order valence-corrected chi connectivity index (χ2v) is 5.02. The van der Waals surface area contributed by atoms with Crippen molar-refractivity contribution in [3.05, 3.63) is 28.8 Å². The van der Waals surface area contributed by atoms with Crippen molar-refractivity contribution < 1.29 is 18.3 Å². The maximum absolute atomic E-state index is 12.3. The van der Waals surface area contributed by atoms with Crippen molar-refractivity contribution in [2.45, 2.75) is 33.0 Å². The predicted octanol–water partition coefficient (Wildman–Crippen LogP) is 2.90. The molecule has 0 aromatic heterocycles. The fourth-order valence-corrected chi connectivity index (χ4v) is 1.93. The zero-order valence-corrected chi connectivity index (χ0v) is 13.0. The summed E-state index contributed by atoms with van der Waals surface area (Å²) in [4.78, 5) is 13.5. The molecule has 0 aliphatic carbocycles. The molecule has 1 rings (SSSR count). The second kappa shape index (κ2) is 8.14. The number of nitrogens with zero attached hydrogens (tertiary/aromatic N) is 1. The highest BCUT2D eigenvalue weighted by molar-refractivity contribution is 6.30. The van der Waals surface area contributed by atoms with E-state index < -0.39 is 12.7 Å². The van der Waals surface area contributed by atoms with E-state index in [0.717, 1.165) is 0 Å². The maximum Gasteiger partial charge on any atom is 0.387 e. The molecule has 1 unspecified atom stereocenters. The summed E-state index contributed by atoms with van der Waals surface area (Å²) in [5.41, 5.74) is 0.474. The topological polar surface area (TPSA) is 41.6 Å². The van der Waals surface area contributed by atoms with Crippen LogP contribution in [0, 0.1) is 0 Å². The van der Waals surface area contributed by atoms with Gasteiger partial charge in [-0.15, -0.1) is 0 Å². The highest BCUT2D eigenvalue weighted by atomic mass is 35.5. The van der Waals surface area contributed by atoms with Crippen LogP contribution in [0.4, 0.5) is 8.78 Å². The number of halogens is 3. The zero-order valence-electron chi connectivity index (χ0n) is 12.2. The van der Waals surface area contributed by atoms with Crippen LogP contribution in [0.3, 0.4) is 0 Å². The minimum absolute atomic E-state index is 0.0467. The lowest BCUT2D eigenvalue weighted by atomic mass is 10.2. The van der Waals surface area contributed by atoms with Gasteiger partial charge in [0.15, 0.2) is 0 Å². The molecule has 1 atom stereocenters. The van der Waals surface area contributed by atoms with E-state index in [1.165, 1.54) is 18.2 Å². The van der Waals surface area contributed by atoms with E-state index in [4.69, 9.17) is 11.6 Å². The molecule has 0 aliphatic heterocycles. The van der Waals surface area contributed by atoms with E-state index >= 15 is 0 Å². The Labute approximate surface area is 128 Å². The Morgan fingerprint density at radius 1 is 1.48 bits per heavy atom. The molecule has 0 spiro atoms. The Morgan fingerprint density at radius 3 is 2.71 bits per heavy atom. The molecule has 0 heterocycles. The highest BCUT2D eigenvalue weighted by Gasteiger charge is 2.17. The average molecular weight is 321 g/mol. The Bertz CT molecular complexity index is 486. The maximum atomic E-state index is 12.3. The monoisotopic (exact) mass is 320 g/mol. The summed E-state index contributed by atoms with van der Waals surface area (Å²) < 4.78 is 29.1. The Hall–Kier alpha value is -1.40. The summed E-state index contributed by atoms with van der Waals surface area (Å²) in [6, 6.07) is 3.96. The molecule has 0 fully saturated rings. The summed E-state index contributed by atoms with van der Waals surface area (Å²) in [5.74, 6) is -0.0266. The quantitative estimate of drug-likeness (QED) is 0.840. The third kappa shape index (κ3) is 5.47. The van der Waals surface area contributed by atoms with Gasteiger partial charge in [0.05, 0.1) is 6.04 Å². The number of likely N-dealkylation sites (N-methyl/N-ethyl adjacent to an activating group) is 1. The molecule has 1 aromatic carbocycles. The zero-order chi connectivity index (χ0) is 16.0. The van der Waals surface area contributed by atoms with Gasteiger partial charge in [0.25, 0.3) is 0 Å². The molecule has 0 saturated heterocycles. The third-order valence-corrected chi connectivity index (χ3v) is 3.29. The fourth-order valence-electron chi connectivity index (χ4n) is 1.73. The molecule has 21 heavy (non-hydrogen) atoms. The van der Waals surface area contributed by atoms with Gasteiger partial charge in [-0.05, 0) is 32.0 Å². The van der Waals surface area contributed by atoms with Gasteiger partial charge in [0.2, 0.25) is 5.91 Å². The fraction of sp³-hybridized carbons (Fsp3) is 0.500. The van der Waals surface area contributed by atoms with Crippen molar-refractivity contribution in [2.75, 3.05) is 13.6 Å². The predicted molar refractivity (Wildman–Crippen MR) is 77.7 cm³/mol. The Morgan fingerprint density at radius 2 is 2.14 bits per heavy atom. The normalized spacial score (nSPS) is 12.3. The first kappa shape index (κ1) is 17.7. The van der Waals surface area contributed by atoms with Gasteiger partial charge >= 0.3 is 6.61 Å². The standard InChI is InChI=1S/C14H19ClF2N2O2/c1-4-19(3)13(20)9(2)18-8-10-7-11(15)5-6-12(10)21-14(16)17/h5-7,9,14,18H,4,8H2,1-3H3. The molecule has 1 N–H and O–H groups in total. The van der Waals surface area contributed by atoms with Crippen molar-refractivity contribution in [1.82, 2.24) is 10.2 Å². The van der Waals surface area contributed by atoms with Crippen molar-refractivity contribution in [2.24, 2.45) is 0 Å². The minimum Gasteiger partial charge on any atom is -0.434 e. The second-order valence-electron chi connectivity index (χ2n) is 4.59. The van der Waals surface area contributed by atoms with Gasteiger partial charge in [-0.3, -0.25) is 4.79 Å². The number of rotatable bonds is 7. The number of hydrogen-bond donors (Lipinski definition) is 1. The van der Waals surface area contributed by atoms with E-state index in [0.29, 0.717) is 17.1 Å². The number of benzene rings is 1. The molecular weight excluding hydrogens is 302 g/mol. The number of carbonyl (C=O) groups excluding carboxylic acids is 1. The highest BCUT2D eigenvalue weighted by Crippen LogP contribution is 2.24. The molecule has 4 nitrogen and oxygen atoms in total. The molecule has 118 valence electrons. The molecular formula is C14H19ClF2N2O2. The number of alkyl halides is 2. The van der Waals surface area contributed by atoms with Crippen LogP contribution in [0.5, 0.6) is 5.75 Å². The summed E-state index contributed by atoms with van der Waals surface area (Å²) in [5, 5.41) is 3.39. The summed E-state index contributed by atoms with van der Waals surface area (Å²) in [6.07, 6.45) is 0. The molecule has 0 bridgehead atoms. The van der Waals surface area contributed by atoms with Crippen molar-refractivity contribution in [1.29, 1.82) is 0 Å². The molecule has 0 saturated carbocycles. The van der Waals surface area contributed by atoms with Gasteiger partial charge < -0.3 is 15.0 Å². The number of amides is 1. The minimum atomic E-state index is -2.91. The number of carbonyl (C=O) groups is 1. The number of nitrogens with one attached hydrogen (secondary N) is 1.